The van der Waals surface area contributed by atoms with E-state index in [1.807, 2.05) is 30.7 Å². The predicted molar refractivity (Wildman–Crippen MR) is 151 cm³/mol. The Hall–Kier alpha value is -3.93. The van der Waals surface area contributed by atoms with Crippen molar-refractivity contribution >= 4 is 17.7 Å². The third kappa shape index (κ3) is 4.66. The molecule has 43 heavy (non-hydrogen) atoms. The highest BCUT2D eigenvalue weighted by molar-refractivity contribution is 6.10. The van der Waals surface area contributed by atoms with E-state index in [0.29, 0.717) is 31.4 Å². The van der Waals surface area contributed by atoms with Gasteiger partial charge in [-0.05, 0) is 86.9 Å². The Bertz CT molecular complexity index is 1610. The van der Waals surface area contributed by atoms with Gasteiger partial charge in [0.2, 0.25) is 0 Å². The van der Waals surface area contributed by atoms with E-state index in [-0.39, 0.29) is 35.4 Å². The van der Waals surface area contributed by atoms with Crippen molar-refractivity contribution in [3.63, 3.8) is 0 Å². The predicted octanol–water partition coefficient (Wildman–Crippen LogP) is 5.90. The van der Waals surface area contributed by atoms with Gasteiger partial charge in [-0.3, -0.25) is 9.69 Å². The molecule has 1 aromatic heterocycles. The topological polar surface area (TPSA) is 101 Å². The Labute approximate surface area is 247 Å². The van der Waals surface area contributed by atoms with E-state index in [9.17, 15) is 27.9 Å². The number of alkyl halides is 3. The average Bonchev–Trinajstić information content (AvgIpc) is 3.50. The number of aromatic nitrogens is 3. The molecule has 0 unspecified atom stereocenters. The maximum absolute atomic E-state index is 14.4. The Morgan fingerprint density at radius 3 is 2.44 bits per heavy atom. The molecular weight excluding hydrogens is 563 g/mol. The monoisotopic (exact) mass is 597 g/mol. The molecule has 2 amide bonds. The molecular formula is C31H34F3N5O4. The van der Waals surface area contributed by atoms with Gasteiger partial charge in [-0.1, -0.05) is 12.1 Å². The van der Waals surface area contributed by atoms with E-state index in [2.05, 4.69) is 10.2 Å². The number of halogens is 3. The second kappa shape index (κ2) is 9.80. The Balaban J connectivity index is 1.37. The van der Waals surface area contributed by atoms with Gasteiger partial charge in [0.15, 0.2) is 0 Å². The lowest BCUT2D eigenvalue weighted by Crippen LogP contribution is -2.55. The molecule has 2 fully saturated rings. The first-order chi connectivity index (χ1) is 20.2. The zero-order chi connectivity index (χ0) is 30.9. The van der Waals surface area contributed by atoms with Crippen molar-refractivity contribution < 1.29 is 32.6 Å². The molecule has 228 valence electrons. The average molecular weight is 598 g/mol. The summed E-state index contributed by atoms with van der Waals surface area (Å²) in [6.45, 7) is 3.33. The van der Waals surface area contributed by atoms with Gasteiger partial charge in [-0.25, -0.2) is 4.79 Å². The smallest absolute Gasteiger partial charge is 0.416 e. The van der Waals surface area contributed by atoms with Crippen LogP contribution in [-0.4, -0.2) is 55.0 Å². The summed E-state index contributed by atoms with van der Waals surface area (Å²) in [5, 5.41) is 18.3. The minimum atomic E-state index is -4.72. The van der Waals surface area contributed by atoms with Gasteiger partial charge < -0.3 is 19.3 Å². The third-order valence-electron chi connectivity index (χ3n) is 9.75. The van der Waals surface area contributed by atoms with Crippen LogP contribution in [0, 0.1) is 0 Å². The van der Waals surface area contributed by atoms with E-state index in [1.165, 1.54) is 15.9 Å². The van der Waals surface area contributed by atoms with Gasteiger partial charge in [-0.15, -0.1) is 10.2 Å². The SMILES string of the molecule is COC1(C)CC(c2cccc(N3Cc4c(cc(CN(C(=O)O)C5(C)CCC5)cc4C(F)(F)F)C3=O)c2)(c2nncn2C)C1. The van der Waals surface area contributed by atoms with Gasteiger partial charge in [-0.2, -0.15) is 13.2 Å². The van der Waals surface area contributed by atoms with Crippen LogP contribution < -0.4 is 4.90 Å². The normalized spacial score (nSPS) is 24.3. The van der Waals surface area contributed by atoms with Crippen LogP contribution in [0.3, 0.4) is 0 Å². The molecule has 0 bridgehead atoms. The lowest BCUT2D eigenvalue weighted by atomic mass is 9.56. The Kier molecular flexibility index (Phi) is 6.64. The highest BCUT2D eigenvalue weighted by atomic mass is 19.4. The van der Waals surface area contributed by atoms with Gasteiger partial charge in [0, 0.05) is 37.5 Å². The van der Waals surface area contributed by atoms with Gasteiger partial charge in [0.25, 0.3) is 5.91 Å². The maximum atomic E-state index is 14.4. The summed E-state index contributed by atoms with van der Waals surface area (Å²) >= 11 is 0. The van der Waals surface area contributed by atoms with Crippen molar-refractivity contribution in [3.05, 3.63) is 76.4 Å². The largest absolute Gasteiger partial charge is 0.465 e. The zero-order valence-electron chi connectivity index (χ0n) is 24.5. The number of aryl methyl sites for hydroxylation is 1. The van der Waals surface area contributed by atoms with E-state index in [4.69, 9.17) is 4.74 Å². The fourth-order valence-electron chi connectivity index (χ4n) is 7.20. The van der Waals surface area contributed by atoms with E-state index in [0.717, 1.165) is 23.9 Å². The zero-order valence-corrected chi connectivity index (χ0v) is 24.5. The number of hydrogen-bond acceptors (Lipinski definition) is 5. The molecule has 0 saturated heterocycles. The molecule has 3 aromatic rings. The number of nitrogens with zero attached hydrogens (tertiary/aromatic N) is 5. The number of hydrogen-bond donors (Lipinski definition) is 1. The van der Waals surface area contributed by atoms with E-state index in [1.54, 1.807) is 32.5 Å². The molecule has 3 aliphatic rings. The number of rotatable bonds is 7. The number of amides is 2. The van der Waals surface area contributed by atoms with Crippen molar-refractivity contribution in [1.82, 2.24) is 19.7 Å². The minimum absolute atomic E-state index is 0.0575. The van der Waals surface area contributed by atoms with Gasteiger partial charge in [0.05, 0.1) is 23.1 Å². The molecule has 9 nitrogen and oxygen atoms in total. The first-order valence-electron chi connectivity index (χ1n) is 14.3. The maximum Gasteiger partial charge on any atom is 0.416 e. The summed E-state index contributed by atoms with van der Waals surface area (Å²) in [6.07, 6.45) is -0.943. The third-order valence-corrected chi connectivity index (χ3v) is 9.75. The molecule has 2 aliphatic carbocycles. The lowest BCUT2D eigenvalue weighted by Gasteiger charge is -2.53. The highest BCUT2D eigenvalue weighted by Crippen LogP contribution is 2.55. The van der Waals surface area contributed by atoms with Crippen LogP contribution in [0.15, 0.2) is 42.7 Å². The van der Waals surface area contributed by atoms with Crippen LogP contribution >= 0.6 is 0 Å². The number of carbonyl (C=O) groups excluding carboxylic acids is 1. The van der Waals surface area contributed by atoms with Crippen molar-refractivity contribution in [3.8, 4) is 0 Å². The van der Waals surface area contributed by atoms with Crippen molar-refractivity contribution in [2.45, 2.75) is 81.8 Å². The first kappa shape index (κ1) is 29.2. The van der Waals surface area contributed by atoms with Crippen LogP contribution in [-0.2, 0) is 36.5 Å². The summed E-state index contributed by atoms with van der Waals surface area (Å²) in [5.41, 5.74) is -1.19. The number of ether oxygens (including phenoxy) is 1. The number of benzene rings is 2. The molecule has 2 aromatic carbocycles. The van der Waals surface area contributed by atoms with Crippen LogP contribution in [0.4, 0.5) is 23.7 Å². The van der Waals surface area contributed by atoms with Crippen molar-refractivity contribution in [1.29, 1.82) is 0 Å². The number of carboxylic acid groups (broad SMARTS) is 1. The molecule has 1 N–H and O–H groups in total. The quantitative estimate of drug-likeness (QED) is 0.364. The van der Waals surface area contributed by atoms with E-state index < -0.39 is 34.7 Å². The second-order valence-electron chi connectivity index (χ2n) is 12.7. The summed E-state index contributed by atoms with van der Waals surface area (Å²) in [5.74, 6) is 0.182. The molecule has 0 atom stereocenters. The van der Waals surface area contributed by atoms with Crippen molar-refractivity contribution in [2.24, 2.45) is 7.05 Å². The van der Waals surface area contributed by atoms with Gasteiger partial charge in [0.1, 0.15) is 12.2 Å². The molecule has 2 heterocycles. The first-order valence-corrected chi connectivity index (χ1v) is 14.3. The second-order valence-corrected chi connectivity index (χ2v) is 12.7. The fraction of sp³-hybridized carbons (Fsp3) is 0.484. The summed E-state index contributed by atoms with van der Waals surface area (Å²) in [7, 11) is 3.52. The molecule has 12 heteroatoms. The number of carbonyl (C=O) groups is 2. The lowest BCUT2D eigenvalue weighted by molar-refractivity contribution is -0.138. The van der Waals surface area contributed by atoms with E-state index >= 15 is 0 Å². The molecule has 0 spiro atoms. The van der Waals surface area contributed by atoms with Gasteiger partial charge >= 0.3 is 12.3 Å². The summed E-state index contributed by atoms with van der Waals surface area (Å²) in [6, 6.07) is 9.69. The van der Waals surface area contributed by atoms with Crippen molar-refractivity contribution in [2.75, 3.05) is 12.0 Å². The number of fused-ring (bicyclic) bond motifs is 1. The minimum Gasteiger partial charge on any atom is -0.465 e. The molecule has 0 radical (unpaired) electrons. The molecule has 2 saturated carbocycles. The standard InChI is InChI=1S/C31H34F3N5O4/c1-28(9-6-10-28)39(27(41)42)14-19-11-22-23(24(12-19)31(32,33)34)15-38(25(22)40)21-8-5-7-20(13-21)30(16-29(2,17-30)43-4)26-36-35-18-37(26)3/h5,7-8,11-13,18H,6,9-10,14-17H2,1-4H3,(H,41,42). The van der Waals surface area contributed by atoms with Crippen LogP contribution in [0.25, 0.3) is 0 Å². The van der Waals surface area contributed by atoms with Crippen LogP contribution in [0.5, 0.6) is 0 Å². The fourth-order valence-corrected chi connectivity index (χ4v) is 7.20. The van der Waals surface area contributed by atoms with Crippen LogP contribution in [0.1, 0.15) is 84.4 Å². The highest BCUT2D eigenvalue weighted by Gasteiger charge is 2.57. The van der Waals surface area contributed by atoms with Crippen LogP contribution in [0.2, 0.25) is 0 Å². The number of anilines is 1. The number of methoxy groups -OCH3 is 1. The summed E-state index contributed by atoms with van der Waals surface area (Å²) in [4.78, 5) is 28.4. The Morgan fingerprint density at radius 1 is 1.16 bits per heavy atom. The molecule has 1 aliphatic heterocycles. The molecule has 6 rings (SSSR count). The summed E-state index contributed by atoms with van der Waals surface area (Å²) < 4.78 is 50.7. The Morgan fingerprint density at radius 2 is 1.88 bits per heavy atom.